The molecule has 1 aliphatic carbocycles. The lowest BCUT2D eigenvalue weighted by Crippen LogP contribution is -2.50. The van der Waals surface area contributed by atoms with Crippen molar-refractivity contribution in [1.29, 1.82) is 0 Å². The summed E-state index contributed by atoms with van der Waals surface area (Å²) in [6.45, 7) is 1.69. The van der Waals surface area contributed by atoms with Gasteiger partial charge in [0, 0.05) is 11.8 Å². The third kappa shape index (κ3) is 2.85. The quantitative estimate of drug-likeness (QED) is 0.654. The third-order valence-electron chi connectivity index (χ3n) is 3.32. The molecule has 6 nitrogen and oxygen atoms in total. The summed E-state index contributed by atoms with van der Waals surface area (Å²) >= 11 is 5.77. The zero-order chi connectivity index (χ0) is 14.2. The number of rotatable bonds is 4. The minimum atomic E-state index is -0.922. The van der Waals surface area contributed by atoms with Gasteiger partial charge in [0.25, 0.3) is 5.69 Å². The van der Waals surface area contributed by atoms with E-state index in [1.165, 1.54) is 18.2 Å². The fourth-order valence-corrected chi connectivity index (χ4v) is 2.12. The lowest BCUT2D eigenvalue weighted by Gasteiger charge is -2.23. The van der Waals surface area contributed by atoms with E-state index in [1.807, 2.05) is 0 Å². The van der Waals surface area contributed by atoms with E-state index in [-0.39, 0.29) is 22.5 Å². The normalized spacial score (nSPS) is 17.6. The van der Waals surface area contributed by atoms with Crippen LogP contribution in [0.2, 0.25) is 5.02 Å². The first-order valence-corrected chi connectivity index (χ1v) is 6.24. The van der Waals surface area contributed by atoms with Crippen LogP contribution in [0.5, 0.6) is 0 Å². The molecule has 0 bridgehead atoms. The molecule has 3 N–H and O–H groups in total. The molecule has 1 aromatic rings. The van der Waals surface area contributed by atoms with E-state index < -0.39 is 10.5 Å². The van der Waals surface area contributed by atoms with Gasteiger partial charge in [0.15, 0.2) is 0 Å². The number of nitrogens with zero attached hydrogens (tertiary/aromatic N) is 1. The van der Waals surface area contributed by atoms with Crippen molar-refractivity contribution in [1.82, 2.24) is 0 Å². The highest BCUT2D eigenvalue weighted by Gasteiger charge is 2.44. The van der Waals surface area contributed by atoms with Gasteiger partial charge < -0.3 is 11.1 Å². The van der Waals surface area contributed by atoms with E-state index in [9.17, 15) is 14.9 Å². The molecule has 2 rings (SSSR count). The molecule has 0 heterocycles. The topological polar surface area (TPSA) is 98.3 Å². The van der Waals surface area contributed by atoms with Gasteiger partial charge in [-0.05, 0) is 37.8 Å². The Kier molecular flexibility index (Phi) is 3.47. The molecule has 1 amide bonds. The van der Waals surface area contributed by atoms with E-state index in [0.29, 0.717) is 5.69 Å². The van der Waals surface area contributed by atoms with Crippen LogP contribution in [0.15, 0.2) is 18.2 Å². The van der Waals surface area contributed by atoms with Crippen molar-refractivity contribution < 1.29 is 9.72 Å². The first-order chi connectivity index (χ1) is 8.82. The Balaban J connectivity index is 2.13. The number of anilines is 1. The van der Waals surface area contributed by atoms with Crippen molar-refractivity contribution in [2.75, 3.05) is 5.32 Å². The van der Waals surface area contributed by atoms with E-state index in [1.54, 1.807) is 6.92 Å². The van der Waals surface area contributed by atoms with Gasteiger partial charge in [0.2, 0.25) is 5.91 Å². The minimum Gasteiger partial charge on any atom is -0.324 e. The molecular formula is C12H14ClN3O3. The third-order valence-corrected chi connectivity index (χ3v) is 3.62. The number of benzene rings is 1. The number of nitro groups is 1. The van der Waals surface area contributed by atoms with Gasteiger partial charge in [0.05, 0.1) is 10.5 Å². The number of nitrogens with one attached hydrogen (secondary N) is 1. The lowest BCUT2D eigenvalue weighted by atomic mass is 9.96. The molecular weight excluding hydrogens is 270 g/mol. The molecule has 1 unspecified atom stereocenters. The Morgan fingerprint density at radius 1 is 1.58 bits per heavy atom. The predicted octanol–water partition coefficient (Wildman–Crippen LogP) is 2.31. The van der Waals surface area contributed by atoms with Gasteiger partial charge >= 0.3 is 0 Å². The Morgan fingerprint density at radius 3 is 2.68 bits per heavy atom. The lowest BCUT2D eigenvalue weighted by molar-refractivity contribution is -0.384. The monoisotopic (exact) mass is 283 g/mol. The summed E-state index contributed by atoms with van der Waals surface area (Å²) in [5.74, 6) is -0.110. The summed E-state index contributed by atoms with van der Waals surface area (Å²) in [6, 6.07) is 4.04. The van der Waals surface area contributed by atoms with Crippen LogP contribution < -0.4 is 11.1 Å². The smallest absolute Gasteiger partial charge is 0.288 e. The van der Waals surface area contributed by atoms with Crippen molar-refractivity contribution in [2.45, 2.75) is 25.3 Å². The molecule has 0 spiro atoms. The molecule has 102 valence electrons. The summed E-state index contributed by atoms with van der Waals surface area (Å²) in [6.07, 6.45) is 1.89. The van der Waals surface area contributed by atoms with Crippen molar-refractivity contribution in [3.05, 3.63) is 33.3 Å². The summed E-state index contributed by atoms with van der Waals surface area (Å²) in [4.78, 5) is 22.1. The fourth-order valence-electron chi connectivity index (χ4n) is 1.87. The molecule has 0 radical (unpaired) electrons. The molecule has 1 saturated carbocycles. The van der Waals surface area contributed by atoms with Crippen LogP contribution in [0.25, 0.3) is 0 Å². The van der Waals surface area contributed by atoms with E-state index >= 15 is 0 Å². The highest BCUT2D eigenvalue weighted by atomic mass is 35.5. The van der Waals surface area contributed by atoms with Crippen molar-refractivity contribution in [3.63, 3.8) is 0 Å². The second-order valence-corrected chi connectivity index (χ2v) is 5.34. The number of carbonyl (C=O) groups excluding carboxylic acids is 1. The first-order valence-electron chi connectivity index (χ1n) is 5.86. The highest BCUT2D eigenvalue weighted by molar-refractivity contribution is 6.33. The highest BCUT2D eigenvalue weighted by Crippen LogP contribution is 2.38. The number of hydrogen-bond donors (Lipinski definition) is 2. The van der Waals surface area contributed by atoms with Gasteiger partial charge in [-0.2, -0.15) is 0 Å². The molecule has 1 fully saturated rings. The predicted molar refractivity (Wildman–Crippen MR) is 72.1 cm³/mol. The molecule has 1 aliphatic rings. The maximum Gasteiger partial charge on any atom is 0.288 e. The number of nitrogens with two attached hydrogens (primary N) is 1. The van der Waals surface area contributed by atoms with Crippen LogP contribution in [0.4, 0.5) is 11.4 Å². The van der Waals surface area contributed by atoms with Crippen LogP contribution in [-0.2, 0) is 4.79 Å². The summed E-state index contributed by atoms with van der Waals surface area (Å²) in [5.41, 5.74) is 5.26. The Labute approximate surface area is 115 Å². The zero-order valence-electron chi connectivity index (χ0n) is 10.4. The first kappa shape index (κ1) is 13.8. The average molecular weight is 284 g/mol. The number of nitro benzene ring substituents is 1. The molecule has 1 atom stereocenters. The standard InChI is InChI=1S/C12H14ClN3O3/c1-12(14,7-2-3-7)11(17)15-8-4-5-10(16(18)19)9(13)6-8/h4-7H,2-3,14H2,1H3,(H,15,17). The molecule has 19 heavy (non-hydrogen) atoms. The molecule has 0 aliphatic heterocycles. The molecule has 0 aromatic heterocycles. The van der Waals surface area contributed by atoms with E-state index in [2.05, 4.69) is 5.32 Å². The van der Waals surface area contributed by atoms with Crippen LogP contribution in [0.3, 0.4) is 0 Å². The summed E-state index contributed by atoms with van der Waals surface area (Å²) in [7, 11) is 0. The van der Waals surface area contributed by atoms with Gasteiger partial charge in [-0.3, -0.25) is 14.9 Å². The number of halogens is 1. The Bertz CT molecular complexity index is 541. The van der Waals surface area contributed by atoms with Crippen molar-refractivity contribution in [3.8, 4) is 0 Å². The number of amides is 1. The van der Waals surface area contributed by atoms with Gasteiger partial charge in [-0.25, -0.2) is 0 Å². The Hall–Kier alpha value is -1.66. The fraction of sp³-hybridized carbons (Fsp3) is 0.417. The SMILES string of the molecule is CC(N)(C(=O)Nc1ccc([N+](=O)[O-])c(Cl)c1)C1CC1. The van der Waals surface area contributed by atoms with Crippen LogP contribution in [-0.4, -0.2) is 16.4 Å². The number of hydrogen-bond acceptors (Lipinski definition) is 4. The molecule has 1 aromatic carbocycles. The maximum atomic E-state index is 12.0. The maximum absolute atomic E-state index is 12.0. The van der Waals surface area contributed by atoms with E-state index in [4.69, 9.17) is 17.3 Å². The van der Waals surface area contributed by atoms with Gasteiger partial charge in [-0.1, -0.05) is 11.6 Å². The van der Waals surface area contributed by atoms with Crippen LogP contribution in [0.1, 0.15) is 19.8 Å². The Morgan fingerprint density at radius 2 is 2.21 bits per heavy atom. The zero-order valence-corrected chi connectivity index (χ0v) is 11.1. The second kappa shape index (κ2) is 4.79. The van der Waals surface area contributed by atoms with Gasteiger partial charge in [0.1, 0.15) is 5.02 Å². The van der Waals surface area contributed by atoms with Crippen LogP contribution >= 0.6 is 11.6 Å². The molecule has 7 heteroatoms. The largest absolute Gasteiger partial charge is 0.324 e. The van der Waals surface area contributed by atoms with Gasteiger partial charge in [-0.15, -0.1) is 0 Å². The number of carbonyl (C=O) groups is 1. The molecule has 0 saturated heterocycles. The summed E-state index contributed by atoms with van der Waals surface area (Å²) < 4.78 is 0. The van der Waals surface area contributed by atoms with Crippen molar-refractivity contribution >= 4 is 28.9 Å². The minimum absolute atomic E-state index is 0.0204. The van der Waals surface area contributed by atoms with Crippen molar-refractivity contribution in [2.24, 2.45) is 11.7 Å². The second-order valence-electron chi connectivity index (χ2n) is 4.93. The van der Waals surface area contributed by atoms with E-state index in [0.717, 1.165) is 12.8 Å². The summed E-state index contributed by atoms with van der Waals surface area (Å²) in [5, 5.41) is 13.2. The van der Waals surface area contributed by atoms with Crippen LogP contribution in [0, 0.1) is 16.0 Å². The average Bonchev–Trinajstić information content (AvgIpc) is 3.12.